The molecule has 1 aromatic heterocycles. The molecule has 0 atom stereocenters. The molecular formula is C19H24N2O2S. The molecule has 5 heteroatoms. The van der Waals surface area contributed by atoms with E-state index in [2.05, 4.69) is 10.3 Å². The topological polar surface area (TPSA) is 51.2 Å². The Kier molecular flexibility index (Phi) is 6.38. The molecule has 1 aliphatic rings. The van der Waals surface area contributed by atoms with E-state index in [-0.39, 0.29) is 5.91 Å². The van der Waals surface area contributed by atoms with Crippen molar-refractivity contribution in [2.75, 3.05) is 13.2 Å². The molecule has 24 heavy (non-hydrogen) atoms. The highest BCUT2D eigenvalue weighted by molar-refractivity contribution is 7.13. The minimum atomic E-state index is -0.105. The molecule has 1 aliphatic carbocycles. The maximum Gasteiger partial charge on any atom is 0.270 e. The number of hydrogen-bond acceptors (Lipinski definition) is 4. The van der Waals surface area contributed by atoms with Crippen molar-refractivity contribution in [3.05, 3.63) is 41.4 Å². The molecule has 0 unspecified atom stereocenters. The molecular weight excluding hydrogens is 320 g/mol. The summed E-state index contributed by atoms with van der Waals surface area (Å²) in [4.78, 5) is 16.6. The molecule has 1 saturated carbocycles. The van der Waals surface area contributed by atoms with E-state index < -0.39 is 0 Å². The highest BCUT2D eigenvalue weighted by atomic mass is 32.1. The zero-order chi connectivity index (χ0) is 16.6. The van der Waals surface area contributed by atoms with E-state index in [1.54, 1.807) is 0 Å². The van der Waals surface area contributed by atoms with Gasteiger partial charge in [-0.15, -0.1) is 11.3 Å². The number of nitrogens with zero attached hydrogens (tertiary/aromatic N) is 1. The van der Waals surface area contributed by atoms with Crippen LogP contribution in [0.1, 0.15) is 49.0 Å². The predicted molar refractivity (Wildman–Crippen MR) is 97.3 cm³/mol. The fraction of sp³-hybridized carbons (Fsp3) is 0.474. The number of aromatic nitrogens is 1. The summed E-state index contributed by atoms with van der Waals surface area (Å²) in [5.74, 6) is -0.105. The van der Waals surface area contributed by atoms with Crippen LogP contribution in [0.25, 0.3) is 10.6 Å². The van der Waals surface area contributed by atoms with Crippen molar-refractivity contribution in [3.63, 3.8) is 0 Å². The van der Waals surface area contributed by atoms with Gasteiger partial charge in [0.25, 0.3) is 5.91 Å². The van der Waals surface area contributed by atoms with Gasteiger partial charge in [0, 0.05) is 24.1 Å². The van der Waals surface area contributed by atoms with Crippen LogP contribution in [0.2, 0.25) is 0 Å². The second-order valence-corrected chi connectivity index (χ2v) is 7.00. The largest absolute Gasteiger partial charge is 0.378 e. The molecule has 1 N–H and O–H groups in total. The molecule has 128 valence electrons. The minimum Gasteiger partial charge on any atom is -0.378 e. The number of amides is 1. The SMILES string of the molecule is O=C(NCCCOC1CCCCC1)c1csc(-c2ccccc2)n1. The van der Waals surface area contributed by atoms with Gasteiger partial charge in [-0.25, -0.2) is 4.98 Å². The Labute approximate surface area is 147 Å². The van der Waals surface area contributed by atoms with Crippen LogP contribution < -0.4 is 5.32 Å². The number of hydrogen-bond donors (Lipinski definition) is 1. The molecule has 3 rings (SSSR count). The minimum absolute atomic E-state index is 0.105. The summed E-state index contributed by atoms with van der Waals surface area (Å²) >= 11 is 1.50. The van der Waals surface area contributed by atoms with Gasteiger partial charge >= 0.3 is 0 Å². The highest BCUT2D eigenvalue weighted by Gasteiger charge is 2.14. The van der Waals surface area contributed by atoms with Crippen LogP contribution in [0.4, 0.5) is 0 Å². The third-order valence-electron chi connectivity index (χ3n) is 4.27. The standard InChI is InChI=1S/C19H24N2O2S/c22-18(20-12-7-13-23-16-10-5-2-6-11-16)17-14-24-19(21-17)15-8-3-1-4-9-15/h1,3-4,8-9,14,16H,2,5-7,10-13H2,(H,20,22). The fourth-order valence-electron chi connectivity index (χ4n) is 2.94. The van der Waals surface area contributed by atoms with Crippen LogP contribution in [0.3, 0.4) is 0 Å². The van der Waals surface area contributed by atoms with Crippen LogP contribution in [-0.4, -0.2) is 30.1 Å². The second-order valence-electron chi connectivity index (χ2n) is 6.14. The Balaban J connectivity index is 1.38. The molecule has 0 spiro atoms. The van der Waals surface area contributed by atoms with Crippen molar-refractivity contribution in [1.29, 1.82) is 0 Å². The summed E-state index contributed by atoms with van der Waals surface area (Å²) in [5, 5.41) is 5.62. The number of nitrogens with one attached hydrogen (secondary N) is 1. The van der Waals surface area contributed by atoms with Crippen molar-refractivity contribution in [3.8, 4) is 10.6 Å². The van der Waals surface area contributed by atoms with Crippen molar-refractivity contribution in [1.82, 2.24) is 10.3 Å². The molecule has 1 fully saturated rings. The second kappa shape index (κ2) is 8.94. The van der Waals surface area contributed by atoms with E-state index in [9.17, 15) is 4.79 Å². The average molecular weight is 344 g/mol. The van der Waals surface area contributed by atoms with Crippen LogP contribution in [0, 0.1) is 0 Å². The van der Waals surface area contributed by atoms with Crippen molar-refractivity contribution < 1.29 is 9.53 Å². The lowest BCUT2D eigenvalue weighted by molar-refractivity contribution is 0.0273. The third-order valence-corrected chi connectivity index (χ3v) is 5.16. The Morgan fingerprint density at radius 1 is 1.21 bits per heavy atom. The Morgan fingerprint density at radius 2 is 2.00 bits per heavy atom. The monoisotopic (exact) mass is 344 g/mol. The third kappa shape index (κ3) is 4.89. The first-order valence-electron chi connectivity index (χ1n) is 8.73. The van der Waals surface area contributed by atoms with Crippen LogP contribution in [0.15, 0.2) is 35.7 Å². The number of benzene rings is 1. The normalized spacial score (nSPS) is 15.3. The van der Waals surface area contributed by atoms with E-state index in [1.165, 1.54) is 43.4 Å². The maximum atomic E-state index is 12.1. The van der Waals surface area contributed by atoms with Gasteiger partial charge in [0.15, 0.2) is 0 Å². The molecule has 1 heterocycles. The number of thiazole rings is 1. The quantitative estimate of drug-likeness (QED) is 0.763. The average Bonchev–Trinajstić information content (AvgIpc) is 3.13. The summed E-state index contributed by atoms with van der Waals surface area (Å²) in [7, 11) is 0. The van der Waals surface area contributed by atoms with Gasteiger partial charge < -0.3 is 10.1 Å². The first kappa shape index (κ1) is 17.1. The Hall–Kier alpha value is -1.72. The van der Waals surface area contributed by atoms with Crippen LogP contribution >= 0.6 is 11.3 Å². The van der Waals surface area contributed by atoms with Gasteiger partial charge in [0.2, 0.25) is 0 Å². The molecule has 0 radical (unpaired) electrons. The molecule has 0 saturated heterocycles. The molecule has 1 amide bonds. The number of rotatable bonds is 7. The van der Waals surface area contributed by atoms with Gasteiger partial charge in [-0.05, 0) is 19.3 Å². The fourth-order valence-corrected chi connectivity index (χ4v) is 3.74. The molecule has 2 aromatic rings. The van der Waals surface area contributed by atoms with Gasteiger partial charge in [-0.3, -0.25) is 4.79 Å². The predicted octanol–water partition coefficient (Wildman–Crippen LogP) is 4.28. The van der Waals surface area contributed by atoms with Gasteiger partial charge in [-0.2, -0.15) is 0 Å². The van der Waals surface area contributed by atoms with Crippen LogP contribution in [0.5, 0.6) is 0 Å². The summed E-state index contributed by atoms with van der Waals surface area (Å²) in [6.45, 7) is 1.35. The van der Waals surface area contributed by atoms with E-state index in [4.69, 9.17) is 4.74 Å². The van der Waals surface area contributed by atoms with E-state index in [0.717, 1.165) is 23.6 Å². The van der Waals surface area contributed by atoms with Crippen molar-refractivity contribution >= 4 is 17.2 Å². The van der Waals surface area contributed by atoms with Crippen molar-refractivity contribution in [2.45, 2.75) is 44.6 Å². The summed E-state index contributed by atoms with van der Waals surface area (Å²) in [6, 6.07) is 9.93. The van der Waals surface area contributed by atoms with E-state index in [0.29, 0.717) is 18.3 Å². The number of ether oxygens (including phenoxy) is 1. The lowest BCUT2D eigenvalue weighted by atomic mass is 9.98. The summed E-state index contributed by atoms with van der Waals surface area (Å²) < 4.78 is 5.87. The zero-order valence-electron chi connectivity index (χ0n) is 13.9. The van der Waals surface area contributed by atoms with Crippen LogP contribution in [-0.2, 0) is 4.74 Å². The Morgan fingerprint density at radius 3 is 2.79 bits per heavy atom. The first-order chi connectivity index (χ1) is 11.8. The molecule has 1 aromatic carbocycles. The van der Waals surface area contributed by atoms with Gasteiger partial charge in [0.1, 0.15) is 10.7 Å². The summed E-state index contributed by atoms with van der Waals surface area (Å²) in [5.41, 5.74) is 1.54. The molecule has 4 nitrogen and oxygen atoms in total. The van der Waals surface area contributed by atoms with Gasteiger partial charge in [-0.1, -0.05) is 49.6 Å². The van der Waals surface area contributed by atoms with E-state index >= 15 is 0 Å². The Bertz CT molecular complexity index is 636. The maximum absolute atomic E-state index is 12.1. The zero-order valence-corrected chi connectivity index (χ0v) is 14.7. The number of carbonyl (C=O) groups excluding carboxylic acids is 1. The van der Waals surface area contributed by atoms with E-state index in [1.807, 2.05) is 35.7 Å². The molecule has 0 bridgehead atoms. The van der Waals surface area contributed by atoms with Gasteiger partial charge in [0.05, 0.1) is 6.10 Å². The molecule has 0 aliphatic heterocycles. The lowest BCUT2D eigenvalue weighted by Crippen LogP contribution is -2.26. The highest BCUT2D eigenvalue weighted by Crippen LogP contribution is 2.23. The first-order valence-corrected chi connectivity index (χ1v) is 9.61. The van der Waals surface area contributed by atoms with Crippen molar-refractivity contribution in [2.24, 2.45) is 0 Å². The number of carbonyl (C=O) groups is 1. The summed E-state index contributed by atoms with van der Waals surface area (Å²) in [6.07, 6.45) is 7.57. The smallest absolute Gasteiger partial charge is 0.270 e. The lowest BCUT2D eigenvalue weighted by Gasteiger charge is -2.21.